The molecule has 3 heteroatoms. The summed E-state index contributed by atoms with van der Waals surface area (Å²) in [7, 11) is 0. The van der Waals surface area contributed by atoms with Crippen LogP contribution in [0.4, 0.5) is 4.39 Å². The molecule has 0 radical (unpaired) electrons. The van der Waals surface area contributed by atoms with Gasteiger partial charge in [0.05, 0.1) is 10.9 Å². The summed E-state index contributed by atoms with van der Waals surface area (Å²) in [6.07, 6.45) is 2.90. The van der Waals surface area contributed by atoms with Gasteiger partial charge in [0, 0.05) is 11.6 Å². The standard InChI is InChI=1S/C7H4FNS/c8-6-3-9-4-7-5(6)1-2-10-7/h1-4H. The van der Waals surface area contributed by atoms with Crippen molar-refractivity contribution < 1.29 is 4.39 Å². The molecule has 2 aromatic heterocycles. The van der Waals surface area contributed by atoms with E-state index in [1.54, 1.807) is 12.3 Å². The Morgan fingerprint density at radius 1 is 1.40 bits per heavy atom. The third kappa shape index (κ3) is 0.708. The average Bonchev–Trinajstić information content (AvgIpc) is 2.36. The van der Waals surface area contributed by atoms with E-state index in [0.29, 0.717) is 5.39 Å². The Balaban J connectivity index is 2.95. The molecule has 0 aromatic carbocycles. The van der Waals surface area contributed by atoms with Crippen LogP contribution < -0.4 is 0 Å². The van der Waals surface area contributed by atoms with Crippen molar-refractivity contribution >= 4 is 21.4 Å². The zero-order valence-electron chi connectivity index (χ0n) is 5.04. The smallest absolute Gasteiger partial charge is 0.150 e. The van der Waals surface area contributed by atoms with Gasteiger partial charge in [0.2, 0.25) is 0 Å². The van der Waals surface area contributed by atoms with Gasteiger partial charge in [0.15, 0.2) is 0 Å². The molecule has 0 N–H and O–H groups in total. The second kappa shape index (κ2) is 2.02. The van der Waals surface area contributed by atoms with Gasteiger partial charge in [0.25, 0.3) is 0 Å². The van der Waals surface area contributed by atoms with Crippen molar-refractivity contribution in [3.63, 3.8) is 0 Å². The van der Waals surface area contributed by atoms with Crippen molar-refractivity contribution in [1.29, 1.82) is 0 Å². The molecule has 0 unspecified atom stereocenters. The molecule has 2 aromatic rings. The Labute approximate surface area is 61.1 Å². The molecular weight excluding hydrogens is 149 g/mol. The van der Waals surface area contributed by atoms with Gasteiger partial charge < -0.3 is 0 Å². The van der Waals surface area contributed by atoms with Gasteiger partial charge in [-0.25, -0.2) is 4.39 Å². The highest BCUT2D eigenvalue weighted by atomic mass is 32.1. The van der Waals surface area contributed by atoms with Crippen LogP contribution in [0, 0.1) is 5.82 Å². The Kier molecular flexibility index (Phi) is 1.17. The first-order chi connectivity index (χ1) is 4.88. The van der Waals surface area contributed by atoms with Gasteiger partial charge in [-0.3, -0.25) is 4.98 Å². The number of halogens is 1. The molecule has 0 bridgehead atoms. The average molecular weight is 153 g/mol. The van der Waals surface area contributed by atoms with E-state index in [2.05, 4.69) is 4.98 Å². The summed E-state index contributed by atoms with van der Waals surface area (Å²) in [5, 5.41) is 2.52. The Hall–Kier alpha value is -0.960. The third-order valence-corrected chi connectivity index (χ3v) is 2.18. The molecule has 0 spiro atoms. The molecule has 0 aliphatic rings. The maximum absolute atomic E-state index is 12.8. The molecule has 0 saturated carbocycles. The van der Waals surface area contributed by atoms with Crippen molar-refractivity contribution in [1.82, 2.24) is 4.98 Å². The van der Waals surface area contributed by atoms with Crippen LogP contribution in [-0.2, 0) is 0 Å². The van der Waals surface area contributed by atoms with Gasteiger partial charge >= 0.3 is 0 Å². The van der Waals surface area contributed by atoms with Crippen molar-refractivity contribution in [3.05, 3.63) is 29.7 Å². The maximum atomic E-state index is 12.8. The fourth-order valence-electron chi connectivity index (χ4n) is 0.858. The van der Waals surface area contributed by atoms with E-state index < -0.39 is 0 Å². The van der Waals surface area contributed by atoms with E-state index in [0.717, 1.165) is 4.70 Å². The van der Waals surface area contributed by atoms with E-state index >= 15 is 0 Å². The summed E-state index contributed by atoms with van der Waals surface area (Å²) in [5.41, 5.74) is 0. The monoisotopic (exact) mass is 153 g/mol. The van der Waals surface area contributed by atoms with Crippen LogP contribution >= 0.6 is 11.3 Å². The Morgan fingerprint density at radius 2 is 2.30 bits per heavy atom. The molecule has 0 amide bonds. The van der Waals surface area contributed by atoms with Crippen LogP contribution in [-0.4, -0.2) is 4.98 Å². The number of thiophene rings is 1. The molecule has 0 aliphatic carbocycles. The topological polar surface area (TPSA) is 12.9 Å². The fraction of sp³-hybridized carbons (Fsp3) is 0. The second-order valence-corrected chi connectivity index (χ2v) is 2.90. The van der Waals surface area contributed by atoms with E-state index in [-0.39, 0.29) is 5.82 Å². The molecule has 1 nitrogen and oxygen atoms in total. The summed E-state index contributed by atoms with van der Waals surface area (Å²) in [6.45, 7) is 0. The molecular formula is C7H4FNS. The predicted molar refractivity (Wildman–Crippen MR) is 39.6 cm³/mol. The van der Waals surface area contributed by atoms with Crippen molar-refractivity contribution in [3.8, 4) is 0 Å². The van der Waals surface area contributed by atoms with E-state index in [9.17, 15) is 4.39 Å². The molecule has 10 heavy (non-hydrogen) atoms. The minimum absolute atomic E-state index is 0.237. The van der Waals surface area contributed by atoms with Crippen molar-refractivity contribution in [2.75, 3.05) is 0 Å². The zero-order chi connectivity index (χ0) is 6.97. The second-order valence-electron chi connectivity index (χ2n) is 1.95. The summed E-state index contributed by atoms with van der Waals surface area (Å²) in [6, 6.07) is 1.76. The summed E-state index contributed by atoms with van der Waals surface area (Å²) in [5.74, 6) is -0.237. The molecule has 2 rings (SSSR count). The first kappa shape index (κ1) is 5.80. The predicted octanol–water partition coefficient (Wildman–Crippen LogP) is 2.44. The lowest BCUT2D eigenvalue weighted by atomic mass is 10.3. The summed E-state index contributed by atoms with van der Waals surface area (Å²) >= 11 is 1.50. The van der Waals surface area contributed by atoms with E-state index in [1.165, 1.54) is 17.5 Å². The first-order valence-electron chi connectivity index (χ1n) is 2.84. The van der Waals surface area contributed by atoms with Gasteiger partial charge in [-0.1, -0.05) is 0 Å². The number of fused-ring (bicyclic) bond motifs is 1. The highest BCUT2D eigenvalue weighted by molar-refractivity contribution is 7.17. The van der Waals surface area contributed by atoms with Gasteiger partial charge in [0.1, 0.15) is 5.82 Å². The van der Waals surface area contributed by atoms with Crippen molar-refractivity contribution in [2.24, 2.45) is 0 Å². The minimum atomic E-state index is -0.237. The number of nitrogens with zero attached hydrogens (tertiary/aromatic N) is 1. The molecule has 0 aliphatic heterocycles. The molecule has 0 atom stereocenters. The number of rotatable bonds is 0. The van der Waals surface area contributed by atoms with Crippen LogP contribution in [0.3, 0.4) is 0 Å². The molecule has 2 heterocycles. The molecule has 50 valence electrons. The van der Waals surface area contributed by atoms with Crippen molar-refractivity contribution in [2.45, 2.75) is 0 Å². The zero-order valence-corrected chi connectivity index (χ0v) is 5.86. The van der Waals surface area contributed by atoms with Crippen LogP contribution in [0.2, 0.25) is 0 Å². The Bertz CT molecular complexity index is 355. The van der Waals surface area contributed by atoms with Gasteiger partial charge in [-0.2, -0.15) is 0 Å². The van der Waals surface area contributed by atoms with Gasteiger partial charge in [-0.15, -0.1) is 11.3 Å². The molecule has 0 fully saturated rings. The fourth-order valence-corrected chi connectivity index (χ4v) is 1.62. The van der Waals surface area contributed by atoms with Crippen LogP contribution in [0.1, 0.15) is 0 Å². The lowest BCUT2D eigenvalue weighted by molar-refractivity contribution is 0.634. The number of hydrogen-bond donors (Lipinski definition) is 0. The highest BCUT2D eigenvalue weighted by Gasteiger charge is 1.99. The Morgan fingerprint density at radius 3 is 3.10 bits per heavy atom. The number of aromatic nitrogens is 1. The van der Waals surface area contributed by atoms with E-state index in [4.69, 9.17) is 0 Å². The van der Waals surface area contributed by atoms with Crippen LogP contribution in [0.25, 0.3) is 10.1 Å². The maximum Gasteiger partial charge on any atom is 0.150 e. The SMILES string of the molecule is Fc1cncc2sccc12. The summed E-state index contributed by atoms with van der Waals surface area (Å²) in [4.78, 5) is 3.72. The number of hydrogen-bond acceptors (Lipinski definition) is 2. The quantitative estimate of drug-likeness (QED) is 0.566. The lowest BCUT2D eigenvalue weighted by Crippen LogP contribution is -1.75. The minimum Gasteiger partial charge on any atom is -0.260 e. The van der Waals surface area contributed by atoms with E-state index in [1.807, 2.05) is 5.38 Å². The molecule has 0 saturated heterocycles. The highest BCUT2D eigenvalue weighted by Crippen LogP contribution is 2.21. The van der Waals surface area contributed by atoms with Gasteiger partial charge in [-0.05, 0) is 11.4 Å². The van der Waals surface area contributed by atoms with Crippen LogP contribution in [0.15, 0.2) is 23.8 Å². The number of pyridine rings is 1. The lowest BCUT2D eigenvalue weighted by Gasteiger charge is -1.87. The third-order valence-electron chi connectivity index (χ3n) is 1.33. The normalized spacial score (nSPS) is 10.5. The largest absolute Gasteiger partial charge is 0.260 e. The summed E-state index contributed by atoms with van der Waals surface area (Å²) < 4.78 is 13.7. The first-order valence-corrected chi connectivity index (χ1v) is 3.72. The van der Waals surface area contributed by atoms with Crippen LogP contribution in [0.5, 0.6) is 0 Å².